The minimum atomic E-state index is -1.12. The molecule has 0 saturated carbocycles. The average molecular weight is 335 g/mol. The zero-order chi connectivity index (χ0) is 17.5. The third-order valence-electron chi connectivity index (χ3n) is 4.76. The van der Waals surface area contributed by atoms with Crippen LogP contribution in [0.1, 0.15) is 25.7 Å². The van der Waals surface area contributed by atoms with Gasteiger partial charge in [-0.1, -0.05) is 5.92 Å². The fraction of sp³-hybridized carbons (Fsp3) is 0.706. The summed E-state index contributed by atoms with van der Waals surface area (Å²) in [6.07, 6.45) is 8.04. The van der Waals surface area contributed by atoms with Gasteiger partial charge in [-0.15, -0.1) is 6.42 Å². The standard InChI is InChI=1S/C17H25N3O4/c1-2-13(17(23)24)10-19-16(22)14-4-3-7-20(11-14)15(21)6-5-12-8-18-9-12/h1,12-14,18H,3-11H2,(H,19,22)(H,23,24)/t13-,14+/m0/s1. The molecule has 0 spiro atoms. The molecule has 0 aromatic carbocycles. The van der Waals surface area contributed by atoms with Gasteiger partial charge in [0.25, 0.3) is 0 Å². The van der Waals surface area contributed by atoms with Gasteiger partial charge in [0.1, 0.15) is 5.92 Å². The lowest BCUT2D eigenvalue weighted by molar-refractivity contribution is -0.139. The topological polar surface area (TPSA) is 98.7 Å². The summed E-state index contributed by atoms with van der Waals surface area (Å²) in [6.45, 7) is 2.98. The Bertz CT molecular complexity index is 524. The van der Waals surface area contributed by atoms with Gasteiger partial charge in [0, 0.05) is 26.1 Å². The van der Waals surface area contributed by atoms with Crippen molar-refractivity contribution in [2.75, 3.05) is 32.7 Å². The van der Waals surface area contributed by atoms with Crippen molar-refractivity contribution in [3.8, 4) is 12.3 Å². The predicted molar refractivity (Wildman–Crippen MR) is 87.9 cm³/mol. The summed E-state index contributed by atoms with van der Waals surface area (Å²) in [5.41, 5.74) is 0. The van der Waals surface area contributed by atoms with E-state index in [1.807, 2.05) is 0 Å². The van der Waals surface area contributed by atoms with Crippen LogP contribution in [0, 0.1) is 30.1 Å². The van der Waals surface area contributed by atoms with E-state index in [0.29, 0.717) is 31.8 Å². The summed E-state index contributed by atoms with van der Waals surface area (Å²) in [4.78, 5) is 37.1. The Morgan fingerprint density at radius 1 is 1.38 bits per heavy atom. The summed E-state index contributed by atoms with van der Waals surface area (Å²) in [5, 5.41) is 14.7. The number of nitrogens with zero attached hydrogens (tertiary/aromatic N) is 1. The molecule has 0 aliphatic carbocycles. The van der Waals surface area contributed by atoms with Crippen molar-refractivity contribution >= 4 is 17.8 Å². The van der Waals surface area contributed by atoms with Crippen molar-refractivity contribution in [2.45, 2.75) is 25.7 Å². The first kappa shape index (κ1) is 18.3. The molecule has 2 rings (SSSR count). The van der Waals surface area contributed by atoms with E-state index >= 15 is 0 Å². The number of piperidine rings is 1. The predicted octanol–water partition coefficient (Wildman–Crippen LogP) is -0.325. The van der Waals surface area contributed by atoms with Gasteiger partial charge in [-0.05, 0) is 38.3 Å². The molecule has 24 heavy (non-hydrogen) atoms. The number of carboxylic acids is 1. The second kappa shape index (κ2) is 8.69. The highest BCUT2D eigenvalue weighted by Crippen LogP contribution is 2.19. The van der Waals surface area contributed by atoms with E-state index in [9.17, 15) is 14.4 Å². The van der Waals surface area contributed by atoms with Crippen molar-refractivity contribution in [2.24, 2.45) is 17.8 Å². The summed E-state index contributed by atoms with van der Waals surface area (Å²) in [5.74, 6) is 0.177. The number of likely N-dealkylation sites (tertiary alicyclic amines) is 1. The molecular weight excluding hydrogens is 310 g/mol. The van der Waals surface area contributed by atoms with E-state index in [1.165, 1.54) is 0 Å². The van der Waals surface area contributed by atoms with Crippen molar-refractivity contribution in [1.29, 1.82) is 0 Å². The Kier molecular flexibility index (Phi) is 6.62. The van der Waals surface area contributed by atoms with Crippen LogP contribution >= 0.6 is 0 Å². The number of hydrogen-bond donors (Lipinski definition) is 3. The van der Waals surface area contributed by atoms with Gasteiger partial charge in [0.15, 0.2) is 0 Å². The Labute approximate surface area is 142 Å². The van der Waals surface area contributed by atoms with E-state index in [4.69, 9.17) is 11.5 Å². The van der Waals surface area contributed by atoms with E-state index in [0.717, 1.165) is 25.9 Å². The molecule has 132 valence electrons. The second-order valence-electron chi connectivity index (χ2n) is 6.54. The quantitative estimate of drug-likeness (QED) is 0.554. The molecular formula is C17H25N3O4. The molecule has 7 nitrogen and oxygen atoms in total. The Morgan fingerprint density at radius 2 is 2.12 bits per heavy atom. The molecule has 2 amide bonds. The van der Waals surface area contributed by atoms with Crippen LogP contribution in [-0.2, 0) is 14.4 Å². The summed E-state index contributed by atoms with van der Waals surface area (Å²) in [7, 11) is 0. The van der Waals surface area contributed by atoms with Crippen LogP contribution < -0.4 is 10.6 Å². The first-order valence-electron chi connectivity index (χ1n) is 8.46. The maximum absolute atomic E-state index is 12.3. The Morgan fingerprint density at radius 3 is 2.71 bits per heavy atom. The van der Waals surface area contributed by atoms with E-state index < -0.39 is 11.9 Å². The van der Waals surface area contributed by atoms with E-state index in [-0.39, 0.29) is 24.3 Å². The maximum atomic E-state index is 12.3. The largest absolute Gasteiger partial charge is 0.480 e. The molecule has 0 aromatic rings. The van der Waals surface area contributed by atoms with Gasteiger partial charge in [-0.25, -0.2) is 0 Å². The molecule has 0 bridgehead atoms. The third-order valence-corrected chi connectivity index (χ3v) is 4.76. The average Bonchev–Trinajstić information content (AvgIpc) is 2.53. The highest BCUT2D eigenvalue weighted by Gasteiger charge is 2.29. The van der Waals surface area contributed by atoms with Crippen LogP contribution in [0.3, 0.4) is 0 Å². The zero-order valence-corrected chi connectivity index (χ0v) is 13.8. The number of terminal acetylenes is 1. The highest BCUT2D eigenvalue weighted by molar-refractivity contribution is 5.82. The first-order chi connectivity index (χ1) is 11.5. The molecule has 3 N–H and O–H groups in total. The van der Waals surface area contributed by atoms with Crippen LogP contribution in [0.2, 0.25) is 0 Å². The molecule has 2 saturated heterocycles. The van der Waals surface area contributed by atoms with Crippen molar-refractivity contribution in [3.63, 3.8) is 0 Å². The number of amides is 2. The number of nitrogens with one attached hydrogen (secondary N) is 2. The van der Waals surface area contributed by atoms with Crippen molar-refractivity contribution < 1.29 is 19.5 Å². The van der Waals surface area contributed by atoms with Crippen LogP contribution in [0.15, 0.2) is 0 Å². The van der Waals surface area contributed by atoms with E-state index in [1.54, 1.807) is 4.90 Å². The van der Waals surface area contributed by atoms with Crippen LogP contribution in [0.4, 0.5) is 0 Å². The smallest absolute Gasteiger partial charge is 0.320 e. The number of carbonyl (C=O) groups is 3. The SMILES string of the molecule is C#C[C@@H](CNC(=O)[C@@H]1CCCN(C(=O)CCC2CNC2)C1)C(=O)O. The van der Waals surface area contributed by atoms with Gasteiger partial charge in [0.2, 0.25) is 11.8 Å². The maximum Gasteiger partial charge on any atom is 0.320 e. The summed E-state index contributed by atoms with van der Waals surface area (Å²) < 4.78 is 0. The zero-order valence-electron chi connectivity index (χ0n) is 13.8. The third kappa shape index (κ3) is 4.96. The number of carboxylic acid groups (broad SMARTS) is 1. The molecule has 2 heterocycles. The van der Waals surface area contributed by atoms with Crippen LogP contribution in [0.25, 0.3) is 0 Å². The molecule has 2 aliphatic heterocycles. The van der Waals surface area contributed by atoms with Crippen LogP contribution in [-0.4, -0.2) is 60.5 Å². The highest BCUT2D eigenvalue weighted by atomic mass is 16.4. The van der Waals surface area contributed by atoms with Gasteiger partial charge in [-0.2, -0.15) is 0 Å². The molecule has 7 heteroatoms. The minimum absolute atomic E-state index is 0.0796. The van der Waals surface area contributed by atoms with Gasteiger partial charge < -0.3 is 20.6 Å². The summed E-state index contributed by atoms with van der Waals surface area (Å²) >= 11 is 0. The first-order valence-corrected chi connectivity index (χ1v) is 8.46. The fourth-order valence-corrected chi connectivity index (χ4v) is 3.02. The normalized spacial score (nSPS) is 22.1. The number of rotatable bonds is 7. The molecule has 0 unspecified atom stereocenters. The monoisotopic (exact) mass is 335 g/mol. The van der Waals surface area contributed by atoms with Crippen LogP contribution in [0.5, 0.6) is 0 Å². The summed E-state index contributed by atoms with van der Waals surface area (Å²) in [6, 6.07) is 0. The molecule has 0 radical (unpaired) electrons. The molecule has 2 aliphatic rings. The Hall–Kier alpha value is -2.07. The lowest BCUT2D eigenvalue weighted by Crippen LogP contribution is -2.47. The lowest BCUT2D eigenvalue weighted by atomic mass is 9.94. The minimum Gasteiger partial charge on any atom is -0.480 e. The lowest BCUT2D eigenvalue weighted by Gasteiger charge is -2.33. The number of hydrogen-bond acceptors (Lipinski definition) is 4. The second-order valence-corrected chi connectivity index (χ2v) is 6.54. The van der Waals surface area contributed by atoms with Gasteiger partial charge >= 0.3 is 5.97 Å². The number of carbonyl (C=O) groups excluding carboxylic acids is 2. The van der Waals surface area contributed by atoms with Crippen molar-refractivity contribution in [3.05, 3.63) is 0 Å². The number of aliphatic carboxylic acids is 1. The molecule has 2 fully saturated rings. The van der Waals surface area contributed by atoms with E-state index in [2.05, 4.69) is 16.6 Å². The fourth-order valence-electron chi connectivity index (χ4n) is 3.02. The molecule has 0 aromatic heterocycles. The Balaban J connectivity index is 1.76. The van der Waals surface area contributed by atoms with Gasteiger partial charge in [-0.3, -0.25) is 14.4 Å². The van der Waals surface area contributed by atoms with Gasteiger partial charge in [0.05, 0.1) is 5.92 Å². The van der Waals surface area contributed by atoms with Crippen molar-refractivity contribution in [1.82, 2.24) is 15.5 Å². The molecule has 2 atom stereocenters.